The SMILES string of the molecule is COc1cc(CNC(=O)c2cc(NN)ccn2)ccn1. The number of rotatable bonds is 5. The van der Waals surface area contributed by atoms with Crippen molar-refractivity contribution in [1.82, 2.24) is 15.3 Å². The maximum Gasteiger partial charge on any atom is 0.270 e. The van der Waals surface area contributed by atoms with Gasteiger partial charge in [-0.15, -0.1) is 0 Å². The Morgan fingerprint density at radius 3 is 2.85 bits per heavy atom. The average molecular weight is 273 g/mol. The van der Waals surface area contributed by atoms with Gasteiger partial charge in [-0.05, 0) is 23.8 Å². The van der Waals surface area contributed by atoms with Crippen molar-refractivity contribution in [2.45, 2.75) is 6.54 Å². The predicted molar refractivity (Wildman–Crippen MR) is 74.0 cm³/mol. The number of amides is 1. The number of nitrogen functional groups attached to an aromatic ring is 1. The predicted octanol–water partition coefficient (Wildman–Crippen LogP) is 0.701. The zero-order valence-corrected chi connectivity index (χ0v) is 11.0. The highest BCUT2D eigenvalue weighted by Gasteiger charge is 2.07. The molecule has 0 aliphatic carbocycles. The first-order valence-corrected chi connectivity index (χ1v) is 5.92. The Bertz CT molecular complexity index is 603. The van der Waals surface area contributed by atoms with Gasteiger partial charge >= 0.3 is 0 Å². The van der Waals surface area contributed by atoms with E-state index < -0.39 is 0 Å². The van der Waals surface area contributed by atoms with Crippen LogP contribution in [-0.2, 0) is 6.54 Å². The maximum atomic E-state index is 12.0. The molecule has 0 atom stereocenters. The van der Waals surface area contributed by atoms with Gasteiger partial charge < -0.3 is 15.5 Å². The van der Waals surface area contributed by atoms with Crippen LogP contribution in [0.25, 0.3) is 0 Å². The Labute approximate surface area is 116 Å². The first-order chi connectivity index (χ1) is 9.72. The molecule has 0 radical (unpaired) electrons. The van der Waals surface area contributed by atoms with Gasteiger partial charge in [-0.25, -0.2) is 4.98 Å². The minimum atomic E-state index is -0.280. The van der Waals surface area contributed by atoms with Crippen molar-refractivity contribution < 1.29 is 9.53 Å². The van der Waals surface area contributed by atoms with Gasteiger partial charge in [-0.1, -0.05) is 0 Å². The van der Waals surface area contributed by atoms with Crippen molar-refractivity contribution in [2.75, 3.05) is 12.5 Å². The van der Waals surface area contributed by atoms with E-state index in [0.717, 1.165) is 5.56 Å². The summed E-state index contributed by atoms with van der Waals surface area (Å²) in [6.07, 6.45) is 3.14. The number of nitrogens with zero attached hydrogens (tertiary/aromatic N) is 2. The van der Waals surface area contributed by atoms with E-state index in [-0.39, 0.29) is 5.91 Å². The molecule has 20 heavy (non-hydrogen) atoms. The van der Waals surface area contributed by atoms with E-state index in [1.165, 1.54) is 6.20 Å². The van der Waals surface area contributed by atoms with E-state index >= 15 is 0 Å². The lowest BCUT2D eigenvalue weighted by Gasteiger charge is -2.07. The number of carbonyl (C=O) groups excluding carboxylic acids is 1. The van der Waals surface area contributed by atoms with Crippen molar-refractivity contribution in [2.24, 2.45) is 5.84 Å². The normalized spacial score (nSPS) is 9.90. The molecule has 0 unspecified atom stereocenters. The summed E-state index contributed by atoms with van der Waals surface area (Å²) in [5.74, 6) is 5.51. The van der Waals surface area contributed by atoms with Crippen LogP contribution in [-0.4, -0.2) is 23.0 Å². The topological polar surface area (TPSA) is 102 Å². The number of pyridine rings is 2. The van der Waals surface area contributed by atoms with Crippen molar-refractivity contribution in [3.8, 4) is 5.88 Å². The van der Waals surface area contributed by atoms with E-state index in [1.54, 1.807) is 37.6 Å². The van der Waals surface area contributed by atoms with Crippen LogP contribution in [0.15, 0.2) is 36.7 Å². The third kappa shape index (κ3) is 3.42. The van der Waals surface area contributed by atoms with Crippen LogP contribution in [0.5, 0.6) is 5.88 Å². The third-order valence-electron chi connectivity index (χ3n) is 2.62. The number of anilines is 1. The first kappa shape index (κ1) is 13.8. The van der Waals surface area contributed by atoms with Crippen LogP contribution in [0.3, 0.4) is 0 Å². The molecular formula is C13H15N5O2. The number of nitrogens with two attached hydrogens (primary N) is 1. The van der Waals surface area contributed by atoms with Crippen molar-refractivity contribution in [1.29, 1.82) is 0 Å². The van der Waals surface area contributed by atoms with Gasteiger partial charge in [-0.2, -0.15) is 0 Å². The van der Waals surface area contributed by atoms with Gasteiger partial charge in [0.2, 0.25) is 5.88 Å². The summed E-state index contributed by atoms with van der Waals surface area (Å²) in [6.45, 7) is 0.361. The highest BCUT2D eigenvalue weighted by Crippen LogP contribution is 2.09. The summed E-state index contributed by atoms with van der Waals surface area (Å²) < 4.78 is 5.02. The molecule has 1 amide bonds. The number of nitrogens with one attached hydrogen (secondary N) is 2. The molecule has 0 spiro atoms. The van der Waals surface area contributed by atoms with Gasteiger partial charge in [0, 0.05) is 25.0 Å². The lowest BCUT2D eigenvalue weighted by atomic mass is 10.2. The molecule has 7 nitrogen and oxygen atoms in total. The second kappa shape index (κ2) is 6.48. The zero-order chi connectivity index (χ0) is 14.4. The molecule has 0 aliphatic rings. The number of ether oxygens (including phenoxy) is 1. The molecule has 2 rings (SSSR count). The van der Waals surface area contributed by atoms with Crippen molar-refractivity contribution in [3.05, 3.63) is 47.9 Å². The lowest BCUT2D eigenvalue weighted by Crippen LogP contribution is -2.24. The molecule has 0 bridgehead atoms. The minimum Gasteiger partial charge on any atom is -0.481 e. The minimum absolute atomic E-state index is 0.280. The molecule has 0 saturated carbocycles. The maximum absolute atomic E-state index is 12.0. The van der Waals surface area contributed by atoms with Crippen molar-refractivity contribution in [3.63, 3.8) is 0 Å². The van der Waals surface area contributed by atoms with E-state index in [4.69, 9.17) is 10.6 Å². The van der Waals surface area contributed by atoms with E-state index in [2.05, 4.69) is 20.7 Å². The fraction of sp³-hybridized carbons (Fsp3) is 0.154. The summed E-state index contributed by atoms with van der Waals surface area (Å²) in [5, 5.41) is 2.76. The van der Waals surface area contributed by atoms with Crippen LogP contribution in [0, 0.1) is 0 Å². The Hall–Kier alpha value is -2.67. The van der Waals surface area contributed by atoms with Gasteiger partial charge in [0.1, 0.15) is 5.69 Å². The molecular weight excluding hydrogens is 258 g/mol. The highest BCUT2D eigenvalue weighted by molar-refractivity contribution is 5.93. The number of hydrazine groups is 1. The van der Waals surface area contributed by atoms with Crippen LogP contribution < -0.4 is 21.3 Å². The van der Waals surface area contributed by atoms with E-state index in [0.29, 0.717) is 23.8 Å². The number of hydrogen-bond acceptors (Lipinski definition) is 6. The van der Waals surface area contributed by atoms with Crippen LogP contribution in [0.4, 0.5) is 5.69 Å². The summed E-state index contributed by atoms with van der Waals surface area (Å²) in [6, 6.07) is 6.80. The van der Waals surface area contributed by atoms with E-state index in [9.17, 15) is 4.79 Å². The number of carbonyl (C=O) groups is 1. The fourth-order valence-corrected chi connectivity index (χ4v) is 1.59. The summed E-state index contributed by atoms with van der Waals surface area (Å²) >= 11 is 0. The van der Waals surface area contributed by atoms with Crippen LogP contribution in [0.2, 0.25) is 0 Å². The Kier molecular flexibility index (Phi) is 4.46. The summed E-state index contributed by atoms with van der Waals surface area (Å²) in [7, 11) is 1.54. The molecule has 2 heterocycles. The first-order valence-electron chi connectivity index (χ1n) is 5.92. The highest BCUT2D eigenvalue weighted by atomic mass is 16.5. The van der Waals surface area contributed by atoms with Crippen LogP contribution in [0.1, 0.15) is 16.1 Å². The second-order valence-electron chi connectivity index (χ2n) is 3.96. The number of aromatic nitrogens is 2. The zero-order valence-electron chi connectivity index (χ0n) is 11.0. The standard InChI is InChI=1S/C13H15N5O2/c1-20-12-6-9(2-4-16-12)8-17-13(19)11-7-10(18-14)3-5-15-11/h2-7H,8,14H2,1H3,(H,15,18)(H,17,19). The Morgan fingerprint density at radius 2 is 2.10 bits per heavy atom. The average Bonchev–Trinajstić information content (AvgIpc) is 2.52. The van der Waals surface area contributed by atoms with Gasteiger partial charge in [0.15, 0.2) is 0 Å². The van der Waals surface area contributed by atoms with E-state index in [1.807, 2.05) is 0 Å². The molecule has 0 aromatic carbocycles. The molecule has 2 aromatic rings. The molecule has 0 saturated heterocycles. The Balaban J connectivity index is 2.00. The number of methoxy groups -OCH3 is 1. The van der Waals surface area contributed by atoms with Crippen molar-refractivity contribution >= 4 is 11.6 Å². The third-order valence-corrected chi connectivity index (χ3v) is 2.62. The molecule has 104 valence electrons. The molecule has 0 fully saturated rings. The Morgan fingerprint density at radius 1 is 1.30 bits per heavy atom. The number of hydrogen-bond donors (Lipinski definition) is 3. The van der Waals surface area contributed by atoms with Crippen LogP contribution >= 0.6 is 0 Å². The van der Waals surface area contributed by atoms with Gasteiger partial charge in [0.25, 0.3) is 5.91 Å². The second-order valence-corrected chi connectivity index (χ2v) is 3.96. The lowest BCUT2D eigenvalue weighted by molar-refractivity contribution is 0.0946. The summed E-state index contributed by atoms with van der Waals surface area (Å²) in [4.78, 5) is 19.9. The fourth-order valence-electron chi connectivity index (χ4n) is 1.59. The molecule has 7 heteroatoms. The largest absolute Gasteiger partial charge is 0.481 e. The quantitative estimate of drug-likeness (QED) is 0.547. The molecule has 4 N–H and O–H groups in total. The smallest absolute Gasteiger partial charge is 0.270 e. The molecule has 2 aromatic heterocycles. The van der Waals surface area contributed by atoms with Gasteiger partial charge in [-0.3, -0.25) is 15.6 Å². The monoisotopic (exact) mass is 273 g/mol. The summed E-state index contributed by atoms with van der Waals surface area (Å²) in [5.41, 5.74) is 4.27. The van der Waals surface area contributed by atoms with Gasteiger partial charge in [0.05, 0.1) is 12.8 Å². The molecule has 0 aliphatic heterocycles.